The van der Waals surface area contributed by atoms with Gasteiger partial charge < -0.3 is 9.47 Å². The van der Waals surface area contributed by atoms with Gasteiger partial charge in [-0.05, 0) is 24.1 Å². The molecule has 5 nitrogen and oxygen atoms in total. The third kappa shape index (κ3) is 5.48. The summed E-state index contributed by atoms with van der Waals surface area (Å²) in [7, 11) is -0.137. The largest absolute Gasteiger partial charge is 0.497 e. The van der Waals surface area contributed by atoms with Crippen LogP contribution in [0.25, 0.3) is 0 Å². The van der Waals surface area contributed by atoms with Gasteiger partial charge in [0.1, 0.15) is 5.75 Å². The van der Waals surface area contributed by atoms with E-state index in [-0.39, 0.29) is 12.4 Å². The van der Waals surface area contributed by atoms with E-state index in [4.69, 9.17) is 9.47 Å². The number of rotatable bonds is 8. The summed E-state index contributed by atoms with van der Waals surface area (Å²) < 4.78 is 35.3. The minimum atomic E-state index is -3.23. The molecular weight excluding hydrogens is 254 g/mol. The third-order valence-electron chi connectivity index (χ3n) is 2.45. The monoisotopic (exact) mass is 273 g/mol. The number of sulfonamides is 1. The van der Waals surface area contributed by atoms with Gasteiger partial charge in [0.05, 0.1) is 19.5 Å². The zero-order valence-electron chi connectivity index (χ0n) is 10.7. The quantitative estimate of drug-likeness (QED) is 0.761. The molecule has 0 aliphatic carbocycles. The number of methoxy groups -OCH3 is 2. The van der Waals surface area contributed by atoms with Crippen LogP contribution in [-0.2, 0) is 21.2 Å². The van der Waals surface area contributed by atoms with E-state index >= 15 is 0 Å². The van der Waals surface area contributed by atoms with E-state index in [2.05, 4.69) is 4.72 Å². The first-order valence-electron chi connectivity index (χ1n) is 5.66. The number of hydrogen-bond acceptors (Lipinski definition) is 4. The average molecular weight is 273 g/mol. The second kappa shape index (κ2) is 7.35. The molecule has 1 N–H and O–H groups in total. The third-order valence-corrected chi connectivity index (χ3v) is 3.80. The van der Waals surface area contributed by atoms with Crippen LogP contribution in [0.1, 0.15) is 5.56 Å². The van der Waals surface area contributed by atoms with Gasteiger partial charge in [0.25, 0.3) is 0 Å². The topological polar surface area (TPSA) is 64.6 Å². The second-order valence-corrected chi connectivity index (χ2v) is 5.73. The zero-order valence-corrected chi connectivity index (χ0v) is 11.5. The highest BCUT2D eigenvalue weighted by Crippen LogP contribution is 2.11. The fourth-order valence-corrected chi connectivity index (χ4v) is 2.35. The molecule has 0 atom stereocenters. The maximum Gasteiger partial charge on any atom is 0.213 e. The van der Waals surface area contributed by atoms with Crippen molar-refractivity contribution in [2.24, 2.45) is 0 Å². The Morgan fingerprint density at radius 3 is 2.39 bits per heavy atom. The van der Waals surface area contributed by atoms with Crippen molar-refractivity contribution < 1.29 is 17.9 Å². The molecule has 18 heavy (non-hydrogen) atoms. The minimum absolute atomic E-state index is 0.00782. The Balaban J connectivity index is 2.36. The Morgan fingerprint density at radius 1 is 1.17 bits per heavy atom. The number of benzene rings is 1. The van der Waals surface area contributed by atoms with E-state index in [1.54, 1.807) is 7.11 Å². The minimum Gasteiger partial charge on any atom is -0.497 e. The first kappa shape index (κ1) is 14.9. The van der Waals surface area contributed by atoms with Crippen molar-refractivity contribution in [1.82, 2.24) is 4.72 Å². The Kier molecular flexibility index (Phi) is 6.11. The van der Waals surface area contributed by atoms with Gasteiger partial charge in [-0.2, -0.15) is 0 Å². The molecule has 0 spiro atoms. The molecule has 0 saturated carbocycles. The lowest BCUT2D eigenvalue weighted by atomic mass is 10.1. The van der Waals surface area contributed by atoms with Gasteiger partial charge >= 0.3 is 0 Å². The second-order valence-electron chi connectivity index (χ2n) is 3.80. The van der Waals surface area contributed by atoms with Crippen molar-refractivity contribution in [3.05, 3.63) is 29.8 Å². The first-order chi connectivity index (χ1) is 8.57. The van der Waals surface area contributed by atoms with Gasteiger partial charge in [-0.15, -0.1) is 0 Å². The van der Waals surface area contributed by atoms with Crippen LogP contribution in [0.5, 0.6) is 5.75 Å². The molecule has 0 amide bonds. The van der Waals surface area contributed by atoms with E-state index in [1.807, 2.05) is 24.3 Å². The van der Waals surface area contributed by atoms with Crippen LogP contribution in [-0.4, -0.2) is 41.5 Å². The number of hydrogen-bond donors (Lipinski definition) is 1. The summed E-state index contributed by atoms with van der Waals surface area (Å²) in [5.74, 6) is 0.783. The molecule has 0 saturated heterocycles. The summed E-state index contributed by atoms with van der Waals surface area (Å²) in [6, 6.07) is 7.55. The molecule has 6 heteroatoms. The molecule has 0 aromatic heterocycles. The maximum absolute atomic E-state index is 11.5. The highest BCUT2D eigenvalue weighted by Gasteiger charge is 2.08. The predicted molar refractivity (Wildman–Crippen MR) is 70.4 cm³/mol. The normalized spacial score (nSPS) is 11.4. The van der Waals surface area contributed by atoms with E-state index < -0.39 is 10.0 Å². The molecule has 0 radical (unpaired) electrons. The molecular formula is C12H19NO4S. The lowest BCUT2D eigenvalue weighted by molar-refractivity contribution is 0.217. The van der Waals surface area contributed by atoms with Gasteiger partial charge in [0.15, 0.2) is 0 Å². The molecule has 0 aliphatic heterocycles. The summed E-state index contributed by atoms with van der Waals surface area (Å²) >= 11 is 0. The van der Waals surface area contributed by atoms with Crippen LogP contribution in [0.4, 0.5) is 0 Å². The van der Waals surface area contributed by atoms with Crippen LogP contribution in [0.3, 0.4) is 0 Å². The summed E-state index contributed by atoms with van der Waals surface area (Å²) in [5.41, 5.74) is 1.06. The average Bonchev–Trinajstić information content (AvgIpc) is 2.37. The van der Waals surface area contributed by atoms with Crippen LogP contribution < -0.4 is 9.46 Å². The molecule has 0 bridgehead atoms. The Labute approximate surface area is 108 Å². The zero-order chi connectivity index (χ0) is 13.4. The molecule has 0 unspecified atom stereocenters. The van der Waals surface area contributed by atoms with Crippen LogP contribution in [0.2, 0.25) is 0 Å². The van der Waals surface area contributed by atoms with Crippen molar-refractivity contribution in [2.75, 3.05) is 33.1 Å². The molecule has 1 rings (SSSR count). The SMILES string of the molecule is COCCS(=O)(=O)NCCc1ccc(OC)cc1. The van der Waals surface area contributed by atoms with Crippen molar-refractivity contribution in [3.63, 3.8) is 0 Å². The lowest BCUT2D eigenvalue weighted by Gasteiger charge is -2.06. The first-order valence-corrected chi connectivity index (χ1v) is 7.32. The Hall–Kier alpha value is -1.11. The van der Waals surface area contributed by atoms with Crippen LogP contribution in [0, 0.1) is 0 Å². The highest BCUT2D eigenvalue weighted by molar-refractivity contribution is 7.89. The smallest absolute Gasteiger partial charge is 0.213 e. The Morgan fingerprint density at radius 2 is 1.83 bits per heavy atom. The van der Waals surface area contributed by atoms with Crippen molar-refractivity contribution in [1.29, 1.82) is 0 Å². The van der Waals surface area contributed by atoms with Crippen molar-refractivity contribution in [2.45, 2.75) is 6.42 Å². The van der Waals surface area contributed by atoms with Gasteiger partial charge in [-0.3, -0.25) is 0 Å². The fraction of sp³-hybridized carbons (Fsp3) is 0.500. The number of nitrogens with one attached hydrogen (secondary N) is 1. The van der Waals surface area contributed by atoms with Crippen molar-refractivity contribution in [3.8, 4) is 5.75 Å². The van der Waals surface area contributed by atoms with E-state index in [9.17, 15) is 8.42 Å². The van der Waals surface area contributed by atoms with Crippen molar-refractivity contribution >= 4 is 10.0 Å². The van der Waals surface area contributed by atoms with Crippen LogP contribution in [0.15, 0.2) is 24.3 Å². The summed E-state index contributed by atoms with van der Waals surface area (Å²) in [6.07, 6.45) is 0.649. The maximum atomic E-state index is 11.5. The van der Waals surface area contributed by atoms with Gasteiger partial charge in [0.2, 0.25) is 10.0 Å². The van der Waals surface area contributed by atoms with E-state index in [0.717, 1.165) is 11.3 Å². The molecule has 0 heterocycles. The summed E-state index contributed by atoms with van der Waals surface area (Å²) in [5, 5.41) is 0. The molecule has 1 aromatic rings. The molecule has 102 valence electrons. The summed E-state index contributed by atoms with van der Waals surface area (Å²) in [4.78, 5) is 0. The standard InChI is InChI=1S/C12H19NO4S/c1-16-9-10-18(14,15)13-8-7-11-3-5-12(17-2)6-4-11/h3-6,13H,7-10H2,1-2H3. The molecule has 0 fully saturated rings. The van der Waals surface area contributed by atoms with Gasteiger partial charge in [0, 0.05) is 13.7 Å². The van der Waals surface area contributed by atoms with Gasteiger partial charge in [-0.1, -0.05) is 12.1 Å². The predicted octanol–water partition coefficient (Wildman–Crippen LogP) is 0.803. The summed E-state index contributed by atoms with van der Waals surface area (Å²) in [6.45, 7) is 0.593. The van der Waals surface area contributed by atoms with E-state index in [1.165, 1.54) is 7.11 Å². The molecule has 1 aromatic carbocycles. The van der Waals surface area contributed by atoms with Gasteiger partial charge in [-0.25, -0.2) is 13.1 Å². The van der Waals surface area contributed by atoms with E-state index in [0.29, 0.717) is 13.0 Å². The van der Waals surface area contributed by atoms with Crippen LogP contribution >= 0.6 is 0 Å². The highest BCUT2D eigenvalue weighted by atomic mass is 32.2. The molecule has 0 aliphatic rings. The lowest BCUT2D eigenvalue weighted by Crippen LogP contribution is -2.29. The number of ether oxygens (including phenoxy) is 2. The fourth-order valence-electron chi connectivity index (χ4n) is 1.41. The Bertz CT molecular complexity index is 442.